The minimum Gasteiger partial charge on any atom is -0.508 e. The van der Waals surface area contributed by atoms with Crippen LogP contribution < -0.4 is 10.2 Å². The summed E-state index contributed by atoms with van der Waals surface area (Å²) in [7, 11) is 0. The van der Waals surface area contributed by atoms with Gasteiger partial charge in [-0.3, -0.25) is 4.79 Å². The lowest BCUT2D eigenvalue weighted by Gasteiger charge is -2.45. The predicted octanol–water partition coefficient (Wildman–Crippen LogP) is -2.13. The van der Waals surface area contributed by atoms with E-state index in [-0.39, 0.29) is 28.0 Å². The summed E-state index contributed by atoms with van der Waals surface area (Å²) in [5.74, 6) is -0.659. The molecule has 2 saturated heterocycles. The molecule has 3 aromatic rings. The molecule has 0 radical (unpaired) electrons. The number of fused-ring (bicyclic) bond motifs is 1. The Hall–Kier alpha value is -3.35. The molecule has 2 aromatic carbocycles. The Kier molecular flexibility index (Phi) is 8.68. The topological polar surface area (TPSA) is 249 Å². The van der Waals surface area contributed by atoms with Crippen molar-refractivity contribution in [3.8, 4) is 28.4 Å². The maximum absolute atomic E-state index is 13.1. The van der Waals surface area contributed by atoms with Crippen molar-refractivity contribution in [1.82, 2.24) is 0 Å². The Morgan fingerprint density at radius 3 is 2.07 bits per heavy atom. The van der Waals surface area contributed by atoms with Crippen molar-refractivity contribution in [1.29, 1.82) is 0 Å². The highest BCUT2D eigenvalue weighted by Crippen LogP contribution is 2.34. The fourth-order valence-corrected chi connectivity index (χ4v) is 4.90. The summed E-state index contributed by atoms with van der Waals surface area (Å²) >= 11 is 0. The molecular formula is C27H30O15. The van der Waals surface area contributed by atoms with E-state index >= 15 is 0 Å². The fraction of sp³-hybridized carbons (Fsp3) is 0.444. The maximum atomic E-state index is 13.1. The molecule has 0 spiro atoms. The normalized spacial score (nSPS) is 33.5. The molecule has 9 N–H and O–H groups in total. The van der Waals surface area contributed by atoms with E-state index in [9.17, 15) is 50.8 Å². The van der Waals surface area contributed by atoms with Gasteiger partial charge in [-0.25, -0.2) is 0 Å². The van der Waals surface area contributed by atoms with Gasteiger partial charge in [-0.1, -0.05) is 12.1 Å². The number of benzene rings is 2. The molecule has 0 aliphatic carbocycles. The van der Waals surface area contributed by atoms with Crippen molar-refractivity contribution in [2.24, 2.45) is 0 Å². The van der Waals surface area contributed by atoms with Crippen molar-refractivity contribution >= 4 is 11.0 Å². The molecule has 15 nitrogen and oxygen atoms in total. The zero-order chi connectivity index (χ0) is 30.3. The van der Waals surface area contributed by atoms with Crippen LogP contribution >= 0.6 is 0 Å². The number of phenolic OH excluding ortho intramolecular Hbond substituents is 2. The second kappa shape index (κ2) is 12.1. The smallest absolute Gasteiger partial charge is 0.229 e. The van der Waals surface area contributed by atoms with Crippen LogP contribution in [0.2, 0.25) is 0 Å². The zero-order valence-electron chi connectivity index (χ0n) is 21.7. The number of hydrogen-bond acceptors (Lipinski definition) is 15. The van der Waals surface area contributed by atoms with E-state index in [4.69, 9.17) is 23.4 Å². The van der Waals surface area contributed by atoms with Crippen LogP contribution in [0, 0.1) is 0 Å². The number of aromatic hydroxyl groups is 2. The van der Waals surface area contributed by atoms with Gasteiger partial charge in [0, 0.05) is 12.1 Å². The monoisotopic (exact) mass is 594 g/mol. The Morgan fingerprint density at radius 2 is 1.40 bits per heavy atom. The second-order valence-corrected chi connectivity index (χ2v) is 9.96. The molecule has 228 valence electrons. The molecule has 3 heterocycles. The number of phenols is 2. The van der Waals surface area contributed by atoms with Crippen LogP contribution in [0.3, 0.4) is 0 Å². The van der Waals surface area contributed by atoms with Gasteiger partial charge in [0.05, 0.1) is 18.8 Å². The fourth-order valence-electron chi connectivity index (χ4n) is 4.90. The van der Waals surface area contributed by atoms with Gasteiger partial charge in [-0.05, 0) is 17.7 Å². The summed E-state index contributed by atoms with van der Waals surface area (Å²) in [5, 5.41) is 91.0. The van der Waals surface area contributed by atoms with Crippen molar-refractivity contribution in [2.75, 3.05) is 13.2 Å². The first-order chi connectivity index (χ1) is 20.0. The van der Waals surface area contributed by atoms with E-state index in [1.165, 1.54) is 36.6 Å². The number of hydrogen-bond donors (Lipinski definition) is 9. The molecule has 0 amide bonds. The van der Waals surface area contributed by atoms with Crippen LogP contribution in [-0.2, 0) is 14.2 Å². The Balaban J connectivity index is 1.34. The van der Waals surface area contributed by atoms with Gasteiger partial charge in [-0.2, -0.15) is 0 Å². The van der Waals surface area contributed by atoms with Crippen LogP contribution in [0.15, 0.2) is 51.9 Å². The van der Waals surface area contributed by atoms with Crippen molar-refractivity contribution in [2.45, 2.75) is 61.4 Å². The summed E-state index contributed by atoms with van der Waals surface area (Å²) < 4.78 is 27.5. The average molecular weight is 595 g/mol. The van der Waals surface area contributed by atoms with E-state index < -0.39 is 85.8 Å². The third-order valence-corrected chi connectivity index (χ3v) is 7.22. The highest BCUT2D eigenvalue weighted by molar-refractivity contribution is 5.88. The molecule has 0 saturated carbocycles. The summed E-state index contributed by atoms with van der Waals surface area (Å²) in [6.07, 6.45) is -15.2. The first-order valence-corrected chi connectivity index (χ1v) is 12.9. The van der Waals surface area contributed by atoms with E-state index in [0.717, 1.165) is 6.07 Å². The Labute approximate surface area is 236 Å². The molecule has 15 heteroatoms. The van der Waals surface area contributed by atoms with Crippen molar-refractivity contribution in [3.05, 3.63) is 52.9 Å². The average Bonchev–Trinajstić information content (AvgIpc) is 2.97. The molecule has 0 unspecified atom stereocenters. The summed E-state index contributed by atoms with van der Waals surface area (Å²) in [5.41, 5.74) is -0.0851. The minimum absolute atomic E-state index is 0.000932. The lowest BCUT2D eigenvalue weighted by atomic mass is 9.97. The Morgan fingerprint density at radius 1 is 0.762 bits per heavy atom. The van der Waals surface area contributed by atoms with E-state index in [2.05, 4.69) is 0 Å². The zero-order valence-corrected chi connectivity index (χ0v) is 21.7. The number of ether oxygens (including phenoxy) is 4. The molecule has 10 atom stereocenters. The van der Waals surface area contributed by atoms with Crippen LogP contribution in [0.4, 0.5) is 0 Å². The van der Waals surface area contributed by atoms with Crippen LogP contribution in [0.1, 0.15) is 0 Å². The molecule has 1 aromatic heterocycles. The number of aliphatic hydroxyl groups is 7. The lowest BCUT2D eigenvalue weighted by molar-refractivity contribution is -0.352. The highest BCUT2D eigenvalue weighted by atomic mass is 16.7. The maximum Gasteiger partial charge on any atom is 0.229 e. The molecule has 2 aliphatic heterocycles. The molecule has 2 aliphatic rings. The van der Waals surface area contributed by atoms with E-state index in [1.807, 2.05) is 0 Å². The van der Waals surface area contributed by atoms with E-state index in [0.29, 0.717) is 5.56 Å². The number of rotatable bonds is 7. The van der Waals surface area contributed by atoms with Gasteiger partial charge >= 0.3 is 0 Å². The second-order valence-electron chi connectivity index (χ2n) is 9.96. The van der Waals surface area contributed by atoms with Gasteiger partial charge in [-0.15, -0.1) is 0 Å². The van der Waals surface area contributed by atoms with Crippen LogP contribution in [0.5, 0.6) is 17.2 Å². The third-order valence-electron chi connectivity index (χ3n) is 7.22. The summed E-state index contributed by atoms with van der Waals surface area (Å²) in [6.45, 7) is -1.50. The molecule has 0 bridgehead atoms. The quantitative estimate of drug-likeness (QED) is 0.142. The highest BCUT2D eigenvalue weighted by Gasteiger charge is 2.51. The standard InChI is InChI=1S/C27H30O15/c28-7-16-20(33)21(34)23(36)27(40-16)42-25-17(8-29)41-26(24(37)22(25)35)39-12-5-14(31)18-15(6-12)38-9-13(19(18)32)10-1-3-11(30)4-2-10/h1-6,9,16-17,20-31,33-37H,7-8H2/t16-,17-,20-,21-,22-,23-,24-,25+,26-,27+/m0/s1. The molecule has 42 heavy (non-hydrogen) atoms. The summed E-state index contributed by atoms with van der Waals surface area (Å²) in [6, 6.07) is 8.08. The predicted molar refractivity (Wildman–Crippen MR) is 138 cm³/mol. The van der Waals surface area contributed by atoms with Gasteiger partial charge in [0.25, 0.3) is 0 Å². The molecule has 5 rings (SSSR count). The first kappa shape index (κ1) is 30.1. The van der Waals surface area contributed by atoms with Crippen molar-refractivity contribution < 1.29 is 69.3 Å². The van der Waals surface area contributed by atoms with Gasteiger partial charge in [0.2, 0.25) is 11.7 Å². The van der Waals surface area contributed by atoms with Crippen LogP contribution in [-0.4, -0.2) is 121 Å². The molecule has 2 fully saturated rings. The van der Waals surface area contributed by atoms with Crippen molar-refractivity contribution in [3.63, 3.8) is 0 Å². The SMILES string of the molecule is O=c1c(-c2ccc(O)cc2)coc2cc(O[C@H]3O[C@@H](CO)[C@@H](O[C@H]4O[C@@H](CO)[C@H](O)[C@H](O)[C@@H]4O)[C@@H](O)[C@@H]3O)cc(O)c12. The number of aliphatic hydroxyl groups excluding tert-OH is 7. The van der Waals surface area contributed by atoms with Gasteiger partial charge < -0.3 is 69.3 Å². The summed E-state index contributed by atoms with van der Waals surface area (Å²) in [4.78, 5) is 13.1. The minimum atomic E-state index is -1.83. The van der Waals surface area contributed by atoms with Gasteiger partial charge in [0.1, 0.15) is 83.3 Å². The van der Waals surface area contributed by atoms with Crippen LogP contribution in [0.25, 0.3) is 22.1 Å². The molecular weight excluding hydrogens is 564 g/mol. The Bertz CT molecular complexity index is 1440. The van der Waals surface area contributed by atoms with Gasteiger partial charge in [0.15, 0.2) is 6.29 Å². The third kappa shape index (κ3) is 5.55. The van der Waals surface area contributed by atoms with E-state index in [1.54, 1.807) is 0 Å². The largest absolute Gasteiger partial charge is 0.508 e. The lowest BCUT2D eigenvalue weighted by Crippen LogP contribution is -2.65. The first-order valence-electron chi connectivity index (χ1n) is 12.9.